The number of rotatable bonds is 8. The summed E-state index contributed by atoms with van der Waals surface area (Å²) in [6.07, 6.45) is 7.52. The van der Waals surface area contributed by atoms with Crippen LogP contribution in [0.25, 0.3) is 0 Å². The fourth-order valence-corrected chi connectivity index (χ4v) is 2.24. The van der Waals surface area contributed by atoms with Gasteiger partial charge in [-0.25, -0.2) is 0 Å². The summed E-state index contributed by atoms with van der Waals surface area (Å²) in [4.78, 5) is 13.2. The Kier molecular flexibility index (Phi) is 6.98. The fourth-order valence-electron chi connectivity index (χ4n) is 2.24. The third-order valence-corrected chi connectivity index (χ3v) is 3.39. The van der Waals surface area contributed by atoms with Crippen LogP contribution in [0.2, 0.25) is 0 Å². The number of pyridine rings is 2. The molecule has 0 bridgehead atoms. The van der Waals surface area contributed by atoms with E-state index in [-0.39, 0.29) is 0 Å². The Hall–Kier alpha value is -2.49. The highest BCUT2D eigenvalue weighted by Crippen LogP contribution is 1.97. The highest BCUT2D eigenvalue weighted by molar-refractivity contribution is 5.93. The molecule has 4 nitrogen and oxygen atoms in total. The summed E-state index contributed by atoms with van der Waals surface area (Å²) < 4.78 is 0. The quantitative estimate of drug-likeness (QED) is 0.762. The Morgan fingerprint density at radius 1 is 1.00 bits per heavy atom. The van der Waals surface area contributed by atoms with Crippen molar-refractivity contribution in [3.63, 3.8) is 0 Å². The highest BCUT2D eigenvalue weighted by atomic mass is 14.9. The van der Waals surface area contributed by atoms with Crippen molar-refractivity contribution in [1.29, 1.82) is 0 Å². The van der Waals surface area contributed by atoms with E-state index in [1.807, 2.05) is 55.7 Å². The van der Waals surface area contributed by atoms with Gasteiger partial charge < -0.3 is 5.32 Å². The monoisotopic (exact) mass is 308 g/mol. The maximum atomic E-state index is 4.57. The van der Waals surface area contributed by atoms with Gasteiger partial charge in [-0.15, -0.1) is 0 Å². The van der Waals surface area contributed by atoms with Gasteiger partial charge in [0.25, 0.3) is 0 Å². The van der Waals surface area contributed by atoms with E-state index >= 15 is 0 Å². The third-order valence-electron chi connectivity index (χ3n) is 3.39. The average molecular weight is 308 g/mol. The standard InChI is InChI=1S/C19H24N4/c1-16(20-13-9-18-7-3-5-11-22-18)15-17(2)21-14-10-19-8-4-6-12-23-19/h3-8,11-12,15,20H,9-10,13-14H2,1-2H3/b16-15+,21-17?. The van der Waals surface area contributed by atoms with Crippen molar-refractivity contribution in [2.45, 2.75) is 26.7 Å². The van der Waals surface area contributed by atoms with E-state index in [0.29, 0.717) is 0 Å². The Morgan fingerprint density at radius 2 is 1.65 bits per heavy atom. The molecule has 0 spiro atoms. The maximum Gasteiger partial charge on any atom is 0.0447 e. The van der Waals surface area contributed by atoms with E-state index in [1.54, 1.807) is 0 Å². The van der Waals surface area contributed by atoms with Crippen molar-refractivity contribution in [2.24, 2.45) is 4.99 Å². The summed E-state index contributed by atoms with van der Waals surface area (Å²) in [6, 6.07) is 12.0. The maximum absolute atomic E-state index is 4.57. The van der Waals surface area contributed by atoms with E-state index in [1.165, 1.54) is 0 Å². The lowest BCUT2D eigenvalue weighted by molar-refractivity contribution is 0.774. The molecule has 0 aliphatic heterocycles. The average Bonchev–Trinajstić information content (AvgIpc) is 2.57. The van der Waals surface area contributed by atoms with Crippen LogP contribution < -0.4 is 5.32 Å². The van der Waals surface area contributed by atoms with E-state index in [4.69, 9.17) is 0 Å². The van der Waals surface area contributed by atoms with Gasteiger partial charge in [0.15, 0.2) is 0 Å². The topological polar surface area (TPSA) is 50.2 Å². The molecule has 0 saturated carbocycles. The van der Waals surface area contributed by atoms with Gasteiger partial charge in [-0.05, 0) is 44.2 Å². The number of aromatic nitrogens is 2. The van der Waals surface area contributed by atoms with Gasteiger partial charge in [0, 0.05) is 61.1 Å². The summed E-state index contributed by atoms with van der Waals surface area (Å²) in [5, 5.41) is 3.40. The molecular formula is C19H24N4. The van der Waals surface area contributed by atoms with Crippen LogP contribution in [0.15, 0.2) is 65.6 Å². The van der Waals surface area contributed by atoms with Crippen molar-refractivity contribution in [3.8, 4) is 0 Å². The minimum absolute atomic E-state index is 0.764. The molecule has 0 aromatic carbocycles. The van der Waals surface area contributed by atoms with Crippen molar-refractivity contribution in [1.82, 2.24) is 15.3 Å². The molecule has 2 rings (SSSR count). The van der Waals surface area contributed by atoms with Gasteiger partial charge in [-0.2, -0.15) is 0 Å². The first-order chi connectivity index (χ1) is 11.2. The van der Waals surface area contributed by atoms with Gasteiger partial charge in [0.1, 0.15) is 0 Å². The molecule has 0 aliphatic carbocycles. The largest absolute Gasteiger partial charge is 0.388 e. The summed E-state index contributed by atoms with van der Waals surface area (Å²) in [7, 11) is 0. The summed E-state index contributed by atoms with van der Waals surface area (Å²) >= 11 is 0. The molecule has 0 radical (unpaired) electrons. The normalized spacial score (nSPS) is 12.3. The number of hydrogen-bond donors (Lipinski definition) is 1. The second kappa shape index (κ2) is 9.51. The first kappa shape index (κ1) is 16.9. The van der Waals surface area contributed by atoms with Crippen molar-refractivity contribution in [2.75, 3.05) is 13.1 Å². The summed E-state index contributed by atoms with van der Waals surface area (Å²) in [5.41, 5.74) is 4.34. The number of allylic oxidation sites excluding steroid dienone is 2. The molecule has 0 aliphatic rings. The highest BCUT2D eigenvalue weighted by Gasteiger charge is 1.95. The van der Waals surface area contributed by atoms with Gasteiger partial charge in [-0.3, -0.25) is 15.0 Å². The predicted octanol–water partition coefficient (Wildman–Crippen LogP) is 3.22. The van der Waals surface area contributed by atoms with Crippen molar-refractivity contribution >= 4 is 5.71 Å². The van der Waals surface area contributed by atoms with Gasteiger partial charge in [0.05, 0.1) is 0 Å². The van der Waals surface area contributed by atoms with E-state index < -0.39 is 0 Å². The molecule has 4 heteroatoms. The van der Waals surface area contributed by atoms with E-state index in [0.717, 1.165) is 48.7 Å². The van der Waals surface area contributed by atoms with E-state index in [2.05, 4.69) is 33.3 Å². The molecule has 1 N–H and O–H groups in total. The molecule has 23 heavy (non-hydrogen) atoms. The fraction of sp³-hybridized carbons (Fsp3) is 0.316. The lowest BCUT2D eigenvalue weighted by Crippen LogP contribution is -2.16. The molecular weight excluding hydrogens is 284 g/mol. The van der Waals surface area contributed by atoms with Crippen LogP contribution in [0.3, 0.4) is 0 Å². The van der Waals surface area contributed by atoms with Crippen LogP contribution in [0.5, 0.6) is 0 Å². The van der Waals surface area contributed by atoms with E-state index in [9.17, 15) is 0 Å². The lowest BCUT2D eigenvalue weighted by atomic mass is 10.2. The second-order valence-electron chi connectivity index (χ2n) is 5.42. The zero-order valence-electron chi connectivity index (χ0n) is 13.9. The minimum Gasteiger partial charge on any atom is -0.388 e. The number of nitrogens with zero attached hydrogens (tertiary/aromatic N) is 3. The zero-order valence-corrected chi connectivity index (χ0v) is 13.9. The molecule has 0 fully saturated rings. The lowest BCUT2D eigenvalue weighted by Gasteiger charge is -2.06. The molecule has 2 aromatic heterocycles. The Balaban J connectivity index is 1.72. The van der Waals surface area contributed by atoms with Crippen LogP contribution in [0.1, 0.15) is 25.2 Å². The predicted molar refractivity (Wildman–Crippen MR) is 95.6 cm³/mol. The smallest absolute Gasteiger partial charge is 0.0447 e. The Morgan fingerprint density at radius 3 is 2.26 bits per heavy atom. The van der Waals surface area contributed by atoms with Gasteiger partial charge >= 0.3 is 0 Å². The first-order valence-corrected chi connectivity index (χ1v) is 7.97. The SMILES string of the molecule is CC(/C=C(\C)NCCc1ccccn1)=NCCc1ccccn1. The van der Waals surface area contributed by atoms with Crippen LogP contribution in [-0.2, 0) is 12.8 Å². The molecule has 0 saturated heterocycles. The number of aliphatic imine (C=N–C) groups is 1. The molecule has 2 aromatic rings. The van der Waals surface area contributed by atoms with Gasteiger partial charge in [0.2, 0.25) is 0 Å². The van der Waals surface area contributed by atoms with Crippen LogP contribution in [0, 0.1) is 0 Å². The second-order valence-corrected chi connectivity index (χ2v) is 5.42. The Labute approximate surface area is 138 Å². The minimum atomic E-state index is 0.764. The molecule has 0 atom stereocenters. The molecule has 0 amide bonds. The molecule has 2 heterocycles. The van der Waals surface area contributed by atoms with Crippen LogP contribution in [0.4, 0.5) is 0 Å². The molecule has 0 unspecified atom stereocenters. The summed E-state index contributed by atoms with van der Waals surface area (Å²) in [5.74, 6) is 0. The van der Waals surface area contributed by atoms with Gasteiger partial charge in [-0.1, -0.05) is 12.1 Å². The number of nitrogens with one attached hydrogen (secondary N) is 1. The first-order valence-electron chi connectivity index (χ1n) is 7.97. The number of hydrogen-bond acceptors (Lipinski definition) is 4. The van der Waals surface area contributed by atoms with Crippen molar-refractivity contribution in [3.05, 3.63) is 72.0 Å². The Bertz CT molecular complexity index is 633. The zero-order chi connectivity index (χ0) is 16.3. The van der Waals surface area contributed by atoms with Crippen LogP contribution >= 0.6 is 0 Å². The molecule has 120 valence electrons. The van der Waals surface area contributed by atoms with Crippen LogP contribution in [-0.4, -0.2) is 28.8 Å². The summed E-state index contributed by atoms with van der Waals surface area (Å²) in [6.45, 7) is 5.74. The third kappa shape index (κ3) is 6.87. The van der Waals surface area contributed by atoms with Crippen molar-refractivity contribution < 1.29 is 0 Å².